The Labute approximate surface area is 208 Å². The van der Waals surface area contributed by atoms with Crippen molar-refractivity contribution < 1.29 is 22.7 Å². The number of rotatable bonds is 9. The van der Waals surface area contributed by atoms with Gasteiger partial charge in [0.1, 0.15) is 11.5 Å². The van der Waals surface area contributed by atoms with Gasteiger partial charge in [0.25, 0.3) is 15.9 Å². The Kier molecular flexibility index (Phi) is 8.22. The van der Waals surface area contributed by atoms with Crippen LogP contribution in [0.5, 0.6) is 11.5 Å². The fourth-order valence-corrected chi connectivity index (χ4v) is 5.21. The maximum Gasteiger partial charge on any atom is 0.262 e. The molecule has 0 aromatic heterocycles. The lowest BCUT2D eigenvalue weighted by molar-refractivity contribution is -0.118. The van der Waals surface area contributed by atoms with Crippen LogP contribution >= 0.6 is 15.9 Å². The van der Waals surface area contributed by atoms with E-state index in [2.05, 4.69) is 26.0 Å². The summed E-state index contributed by atoms with van der Waals surface area (Å²) in [6.07, 6.45) is 0. The number of benzene rings is 3. The molecule has 0 aliphatic rings. The smallest absolute Gasteiger partial charge is 0.262 e. The fourth-order valence-electron chi connectivity index (χ4n) is 3.38. The van der Waals surface area contributed by atoms with Gasteiger partial charge < -0.3 is 14.8 Å². The van der Waals surface area contributed by atoms with Gasteiger partial charge in [0, 0.05) is 15.8 Å². The lowest BCUT2D eigenvalue weighted by atomic mass is 10.1. The molecule has 0 bridgehead atoms. The maximum atomic E-state index is 12.8. The van der Waals surface area contributed by atoms with Crippen LogP contribution < -0.4 is 19.5 Å². The Morgan fingerprint density at radius 1 is 0.912 bits per heavy atom. The Bertz CT molecular complexity index is 1270. The lowest BCUT2D eigenvalue weighted by Gasteiger charge is -2.14. The molecule has 0 saturated carbocycles. The number of hydrogen-bond acceptors (Lipinski definition) is 5. The first-order chi connectivity index (χ1) is 16.1. The molecule has 0 aliphatic carbocycles. The average molecular weight is 547 g/mol. The van der Waals surface area contributed by atoms with Crippen molar-refractivity contribution in [2.24, 2.45) is 0 Å². The number of amides is 1. The third kappa shape index (κ3) is 6.51. The maximum absolute atomic E-state index is 12.8. The predicted octanol–water partition coefficient (Wildman–Crippen LogP) is 5.59. The van der Waals surface area contributed by atoms with E-state index in [1.165, 1.54) is 12.1 Å². The van der Waals surface area contributed by atoms with Crippen molar-refractivity contribution >= 4 is 43.2 Å². The van der Waals surface area contributed by atoms with Crippen molar-refractivity contribution in [2.45, 2.75) is 32.6 Å². The zero-order chi connectivity index (χ0) is 24.9. The van der Waals surface area contributed by atoms with Crippen LogP contribution in [-0.2, 0) is 14.8 Å². The van der Waals surface area contributed by atoms with E-state index in [9.17, 15) is 13.2 Å². The minimum absolute atomic E-state index is 0.0943. The summed E-state index contributed by atoms with van der Waals surface area (Å²) in [6.45, 7) is 7.77. The number of carbonyl (C=O) groups is 1. The van der Waals surface area contributed by atoms with Crippen LogP contribution in [0.3, 0.4) is 0 Å². The van der Waals surface area contributed by atoms with E-state index in [1.807, 2.05) is 32.9 Å². The van der Waals surface area contributed by atoms with Crippen molar-refractivity contribution in [3.63, 3.8) is 0 Å². The van der Waals surface area contributed by atoms with Gasteiger partial charge in [-0.15, -0.1) is 0 Å². The first-order valence-electron chi connectivity index (χ1n) is 10.6. The molecule has 0 fully saturated rings. The second kappa shape index (κ2) is 10.9. The summed E-state index contributed by atoms with van der Waals surface area (Å²) < 4.78 is 40.1. The normalized spacial score (nSPS) is 11.1. The number of sulfonamides is 1. The highest BCUT2D eigenvalue weighted by Crippen LogP contribution is 2.26. The third-order valence-corrected chi connectivity index (χ3v) is 6.83. The van der Waals surface area contributed by atoms with Crippen molar-refractivity contribution in [2.75, 3.05) is 23.3 Å². The summed E-state index contributed by atoms with van der Waals surface area (Å²) in [7, 11) is -3.79. The standard InChI is InChI=1S/C25H27BrN2O5S/c1-5-32-21-8-6-20(7-9-21)28-34(30,31)22-10-11-23(16(2)14-22)33-15-24(29)27-25-17(3)12-19(26)13-18(25)4/h6-14,28H,5,15H2,1-4H3,(H,27,29). The molecule has 0 unspecified atom stereocenters. The molecule has 3 rings (SSSR count). The molecule has 34 heavy (non-hydrogen) atoms. The van der Waals surface area contributed by atoms with Crippen LogP contribution in [-0.4, -0.2) is 27.5 Å². The Morgan fingerprint density at radius 2 is 1.56 bits per heavy atom. The van der Waals surface area contributed by atoms with Crippen LogP contribution in [0.15, 0.2) is 64.0 Å². The highest BCUT2D eigenvalue weighted by molar-refractivity contribution is 9.10. The molecule has 180 valence electrons. The second-order valence-electron chi connectivity index (χ2n) is 7.74. The van der Waals surface area contributed by atoms with E-state index in [0.717, 1.165) is 21.3 Å². The van der Waals surface area contributed by atoms with E-state index in [1.54, 1.807) is 37.3 Å². The Balaban J connectivity index is 1.64. The fraction of sp³-hybridized carbons (Fsp3) is 0.240. The lowest BCUT2D eigenvalue weighted by Crippen LogP contribution is -2.21. The summed E-state index contributed by atoms with van der Waals surface area (Å²) in [5.41, 5.74) is 3.64. The molecule has 0 aliphatic heterocycles. The van der Waals surface area contributed by atoms with Crippen molar-refractivity contribution in [1.82, 2.24) is 0 Å². The number of nitrogens with one attached hydrogen (secondary N) is 2. The van der Waals surface area contributed by atoms with Crippen molar-refractivity contribution in [3.8, 4) is 11.5 Å². The van der Waals surface area contributed by atoms with E-state index in [4.69, 9.17) is 9.47 Å². The monoisotopic (exact) mass is 546 g/mol. The number of ether oxygens (including phenoxy) is 2. The summed E-state index contributed by atoms with van der Waals surface area (Å²) in [6, 6.07) is 15.0. The molecule has 0 radical (unpaired) electrons. The van der Waals surface area contributed by atoms with Gasteiger partial charge in [0.15, 0.2) is 6.61 Å². The van der Waals surface area contributed by atoms with Crippen molar-refractivity contribution in [1.29, 1.82) is 0 Å². The zero-order valence-corrected chi connectivity index (χ0v) is 21.8. The van der Waals surface area contributed by atoms with Crippen LogP contribution in [0.2, 0.25) is 0 Å². The summed E-state index contributed by atoms with van der Waals surface area (Å²) in [4.78, 5) is 12.5. The van der Waals surface area contributed by atoms with E-state index in [0.29, 0.717) is 29.4 Å². The quantitative estimate of drug-likeness (QED) is 0.364. The SMILES string of the molecule is CCOc1ccc(NS(=O)(=O)c2ccc(OCC(=O)Nc3c(C)cc(Br)cc3C)c(C)c2)cc1. The topological polar surface area (TPSA) is 93.7 Å². The van der Waals surface area contributed by atoms with Gasteiger partial charge >= 0.3 is 0 Å². The molecule has 3 aromatic rings. The molecule has 0 heterocycles. The summed E-state index contributed by atoms with van der Waals surface area (Å²) in [5.74, 6) is 0.790. The van der Waals surface area contributed by atoms with Crippen LogP contribution in [0, 0.1) is 20.8 Å². The molecule has 9 heteroatoms. The number of hydrogen-bond donors (Lipinski definition) is 2. The Morgan fingerprint density at radius 3 is 2.15 bits per heavy atom. The average Bonchev–Trinajstić information content (AvgIpc) is 2.76. The van der Waals surface area contributed by atoms with Crippen LogP contribution in [0.1, 0.15) is 23.6 Å². The van der Waals surface area contributed by atoms with Gasteiger partial charge in [-0.05, 0) is 99.0 Å². The molecule has 0 saturated heterocycles. The molecular weight excluding hydrogens is 520 g/mol. The Hall–Kier alpha value is -3.04. The van der Waals surface area contributed by atoms with Crippen LogP contribution in [0.25, 0.3) is 0 Å². The molecule has 3 aromatic carbocycles. The van der Waals surface area contributed by atoms with Gasteiger partial charge in [-0.3, -0.25) is 9.52 Å². The van der Waals surface area contributed by atoms with Gasteiger partial charge in [0.05, 0.1) is 11.5 Å². The first kappa shape index (κ1) is 25.6. The predicted molar refractivity (Wildman–Crippen MR) is 137 cm³/mol. The number of aryl methyl sites for hydroxylation is 3. The molecule has 1 amide bonds. The molecule has 7 nitrogen and oxygen atoms in total. The van der Waals surface area contributed by atoms with E-state index in [-0.39, 0.29) is 17.4 Å². The van der Waals surface area contributed by atoms with E-state index < -0.39 is 10.0 Å². The zero-order valence-electron chi connectivity index (χ0n) is 19.4. The first-order valence-corrected chi connectivity index (χ1v) is 12.9. The highest BCUT2D eigenvalue weighted by Gasteiger charge is 2.17. The molecule has 0 spiro atoms. The van der Waals surface area contributed by atoms with Gasteiger partial charge in [-0.25, -0.2) is 8.42 Å². The number of carbonyl (C=O) groups excluding carboxylic acids is 1. The molecule has 2 N–H and O–H groups in total. The van der Waals surface area contributed by atoms with Gasteiger partial charge in [0.2, 0.25) is 0 Å². The molecule has 0 atom stereocenters. The summed E-state index contributed by atoms with van der Waals surface area (Å²) in [5, 5.41) is 2.87. The van der Waals surface area contributed by atoms with Crippen molar-refractivity contribution in [3.05, 3.63) is 75.8 Å². The molecular formula is C25H27BrN2O5S. The number of anilines is 2. The van der Waals surface area contributed by atoms with E-state index >= 15 is 0 Å². The second-order valence-corrected chi connectivity index (χ2v) is 10.3. The summed E-state index contributed by atoms with van der Waals surface area (Å²) >= 11 is 3.44. The largest absolute Gasteiger partial charge is 0.494 e. The number of halogens is 1. The minimum atomic E-state index is -3.79. The van der Waals surface area contributed by atoms with Gasteiger partial charge in [-0.2, -0.15) is 0 Å². The minimum Gasteiger partial charge on any atom is -0.494 e. The van der Waals surface area contributed by atoms with Gasteiger partial charge in [-0.1, -0.05) is 15.9 Å². The third-order valence-electron chi connectivity index (χ3n) is 4.99. The highest BCUT2D eigenvalue weighted by atomic mass is 79.9. The van der Waals surface area contributed by atoms with Crippen LogP contribution in [0.4, 0.5) is 11.4 Å².